The number of nitrogens with zero attached hydrogens (tertiary/aromatic N) is 2. The van der Waals surface area contributed by atoms with Crippen LogP contribution in [-0.4, -0.2) is 34.9 Å². The Morgan fingerprint density at radius 1 is 1.10 bits per heavy atom. The van der Waals surface area contributed by atoms with E-state index in [1.807, 2.05) is 30.3 Å². The van der Waals surface area contributed by atoms with Crippen LogP contribution in [-0.2, 0) is 9.53 Å². The lowest BCUT2D eigenvalue weighted by Crippen LogP contribution is -2.22. The Balaban J connectivity index is 1.65. The molecule has 0 aliphatic rings. The summed E-state index contributed by atoms with van der Waals surface area (Å²) in [5.41, 5.74) is 1.22. The number of hydrogen-bond acceptors (Lipinski definition) is 5. The van der Waals surface area contributed by atoms with Crippen LogP contribution in [0.15, 0.2) is 60.7 Å². The minimum Gasteiger partial charge on any atom is -0.452 e. The van der Waals surface area contributed by atoms with Crippen molar-refractivity contribution in [2.24, 2.45) is 0 Å². The number of carbonyl (C=O) groups is 2. The van der Waals surface area contributed by atoms with Gasteiger partial charge in [0, 0.05) is 6.07 Å². The molecule has 0 spiro atoms. The molecule has 0 saturated carbocycles. The van der Waals surface area contributed by atoms with Crippen LogP contribution in [0.2, 0.25) is 0 Å². The zero-order valence-electron chi connectivity index (χ0n) is 15.3. The Morgan fingerprint density at radius 2 is 1.79 bits per heavy atom. The molecule has 0 bridgehead atoms. The van der Waals surface area contributed by atoms with E-state index in [9.17, 15) is 18.4 Å². The lowest BCUT2D eigenvalue weighted by molar-refractivity contribution is -0.119. The quantitative estimate of drug-likeness (QED) is 0.612. The Labute approximate surface area is 164 Å². The van der Waals surface area contributed by atoms with Crippen molar-refractivity contribution in [1.29, 1.82) is 0 Å². The normalized spacial score (nSPS) is 10.6. The van der Waals surface area contributed by atoms with Gasteiger partial charge >= 0.3 is 12.6 Å². The van der Waals surface area contributed by atoms with Gasteiger partial charge in [0.1, 0.15) is 17.1 Å². The fraction of sp³-hybridized carbons (Fsp3) is 0.150. The van der Waals surface area contributed by atoms with Crippen LogP contribution in [0.4, 0.5) is 14.6 Å². The van der Waals surface area contributed by atoms with Gasteiger partial charge in [0.05, 0.1) is 11.4 Å². The van der Waals surface area contributed by atoms with Gasteiger partial charge < -0.3 is 14.8 Å². The predicted octanol–water partition coefficient (Wildman–Crippen LogP) is 3.58. The Kier molecular flexibility index (Phi) is 6.18. The summed E-state index contributed by atoms with van der Waals surface area (Å²) in [5, 5.41) is 6.94. The minimum absolute atomic E-state index is 0.203. The van der Waals surface area contributed by atoms with Crippen molar-refractivity contribution in [3.63, 3.8) is 0 Å². The number of aromatic nitrogens is 2. The second-order valence-electron chi connectivity index (χ2n) is 5.92. The first-order valence-electron chi connectivity index (χ1n) is 8.57. The van der Waals surface area contributed by atoms with Gasteiger partial charge in [0.2, 0.25) is 0 Å². The molecule has 0 aliphatic heterocycles. The third kappa shape index (κ3) is 5.16. The number of para-hydroxylation sites is 2. The lowest BCUT2D eigenvalue weighted by Gasteiger charge is -2.11. The number of esters is 1. The summed E-state index contributed by atoms with van der Waals surface area (Å²) in [6.45, 7) is -1.93. The molecule has 0 radical (unpaired) electrons. The van der Waals surface area contributed by atoms with Crippen molar-refractivity contribution in [1.82, 2.24) is 9.78 Å². The summed E-state index contributed by atoms with van der Waals surface area (Å²) in [7, 11) is 0. The number of aryl methyl sites for hydroxylation is 1. The average molecular weight is 401 g/mol. The van der Waals surface area contributed by atoms with Gasteiger partial charge in [-0.05, 0) is 31.2 Å². The van der Waals surface area contributed by atoms with Gasteiger partial charge in [-0.2, -0.15) is 13.9 Å². The van der Waals surface area contributed by atoms with E-state index < -0.39 is 25.1 Å². The highest BCUT2D eigenvalue weighted by molar-refractivity contribution is 5.96. The van der Waals surface area contributed by atoms with Crippen molar-refractivity contribution in [2.75, 3.05) is 11.9 Å². The second kappa shape index (κ2) is 8.96. The fourth-order valence-electron chi connectivity index (χ4n) is 2.58. The zero-order chi connectivity index (χ0) is 20.8. The van der Waals surface area contributed by atoms with Crippen molar-refractivity contribution in [2.45, 2.75) is 13.5 Å². The SMILES string of the molecule is Cc1cc(NC(=O)COC(=O)c2ccccc2OC(F)F)n(-c2ccccc2)n1. The van der Waals surface area contributed by atoms with Gasteiger partial charge in [-0.15, -0.1) is 0 Å². The molecular weight excluding hydrogens is 384 g/mol. The first-order valence-corrected chi connectivity index (χ1v) is 8.57. The van der Waals surface area contributed by atoms with Gasteiger partial charge in [-0.1, -0.05) is 30.3 Å². The number of benzene rings is 2. The van der Waals surface area contributed by atoms with E-state index >= 15 is 0 Å². The van der Waals surface area contributed by atoms with Crippen LogP contribution >= 0.6 is 0 Å². The summed E-state index contributed by atoms with van der Waals surface area (Å²) >= 11 is 0. The molecule has 0 unspecified atom stereocenters. The maximum absolute atomic E-state index is 12.5. The molecule has 1 amide bonds. The monoisotopic (exact) mass is 401 g/mol. The van der Waals surface area contributed by atoms with E-state index in [4.69, 9.17) is 4.74 Å². The molecule has 9 heteroatoms. The van der Waals surface area contributed by atoms with E-state index in [2.05, 4.69) is 15.2 Å². The smallest absolute Gasteiger partial charge is 0.387 e. The van der Waals surface area contributed by atoms with Gasteiger partial charge in [0.15, 0.2) is 6.61 Å². The first-order chi connectivity index (χ1) is 13.9. The molecule has 0 saturated heterocycles. The number of anilines is 1. The number of ether oxygens (including phenoxy) is 2. The average Bonchev–Trinajstić information content (AvgIpc) is 3.07. The van der Waals surface area contributed by atoms with Crippen LogP contribution in [0.5, 0.6) is 5.75 Å². The minimum atomic E-state index is -3.09. The number of halogens is 2. The number of nitrogens with one attached hydrogen (secondary N) is 1. The Hall–Kier alpha value is -3.75. The molecule has 0 fully saturated rings. The highest BCUT2D eigenvalue weighted by Gasteiger charge is 2.18. The maximum atomic E-state index is 12.5. The van der Waals surface area contributed by atoms with Gasteiger partial charge in [0.25, 0.3) is 5.91 Å². The molecule has 1 aromatic heterocycles. The molecule has 1 N–H and O–H groups in total. The molecule has 7 nitrogen and oxygen atoms in total. The van der Waals surface area contributed by atoms with Crippen molar-refractivity contribution < 1.29 is 27.8 Å². The van der Waals surface area contributed by atoms with E-state index in [1.165, 1.54) is 24.3 Å². The highest BCUT2D eigenvalue weighted by atomic mass is 19.3. The number of hydrogen-bond donors (Lipinski definition) is 1. The third-order valence-corrected chi connectivity index (χ3v) is 3.76. The van der Waals surface area contributed by atoms with Crippen LogP contribution in [0.1, 0.15) is 16.1 Å². The van der Waals surface area contributed by atoms with Gasteiger partial charge in [-0.3, -0.25) is 4.79 Å². The number of rotatable bonds is 7. The third-order valence-electron chi connectivity index (χ3n) is 3.76. The van der Waals surface area contributed by atoms with Crippen LogP contribution in [0.3, 0.4) is 0 Å². The second-order valence-corrected chi connectivity index (χ2v) is 5.92. The molecule has 0 aliphatic carbocycles. The zero-order valence-corrected chi connectivity index (χ0v) is 15.3. The molecule has 29 heavy (non-hydrogen) atoms. The largest absolute Gasteiger partial charge is 0.452 e. The van der Waals surface area contributed by atoms with Crippen LogP contribution in [0.25, 0.3) is 5.69 Å². The van der Waals surface area contributed by atoms with E-state index in [1.54, 1.807) is 17.7 Å². The number of alkyl halides is 2. The maximum Gasteiger partial charge on any atom is 0.387 e. The molecule has 3 aromatic rings. The summed E-state index contributed by atoms with van der Waals surface area (Å²) in [4.78, 5) is 24.4. The summed E-state index contributed by atoms with van der Waals surface area (Å²) in [6, 6.07) is 16.2. The standard InChI is InChI=1S/C20H17F2N3O4/c1-13-11-17(25(24-13)14-7-3-2-4-8-14)23-18(26)12-28-19(27)15-9-5-6-10-16(15)29-20(21)22/h2-11,20H,12H2,1H3,(H,23,26). The lowest BCUT2D eigenvalue weighted by atomic mass is 10.2. The van der Waals surface area contributed by atoms with Crippen molar-refractivity contribution >= 4 is 17.7 Å². The van der Waals surface area contributed by atoms with Crippen LogP contribution < -0.4 is 10.1 Å². The van der Waals surface area contributed by atoms with E-state index in [0.717, 1.165) is 5.69 Å². The number of amides is 1. The molecule has 2 aromatic carbocycles. The van der Waals surface area contributed by atoms with Crippen molar-refractivity contribution in [3.8, 4) is 11.4 Å². The topological polar surface area (TPSA) is 82.5 Å². The highest BCUT2D eigenvalue weighted by Crippen LogP contribution is 2.21. The molecule has 3 rings (SSSR count). The molecular formula is C20H17F2N3O4. The van der Waals surface area contributed by atoms with Gasteiger partial charge in [-0.25, -0.2) is 9.48 Å². The van der Waals surface area contributed by atoms with Crippen molar-refractivity contribution in [3.05, 3.63) is 71.9 Å². The molecule has 0 atom stereocenters. The first kappa shape index (κ1) is 20.0. The predicted molar refractivity (Wildman–Crippen MR) is 100 cm³/mol. The summed E-state index contributed by atoms with van der Waals surface area (Å²) < 4.78 is 35.7. The Bertz CT molecular complexity index is 1010. The fourth-order valence-corrected chi connectivity index (χ4v) is 2.58. The molecule has 1 heterocycles. The summed E-state index contributed by atoms with van der Waals surface area (Å²) in [5.74, 6) is -1.49. The Morgan fingerprint density at radius 3 is 2.52 bits per heavy atom. The molecule has 150 valence electrons. The van der Waals surface area contributed by atoms with E-state index in [0.29, 0.717) is 11.5 Å². The van der Waals surface area contributed by atoms with Crippen LogP contribution in [0, 0.1) is 6.92 Å². The summed E-state index contributed by atoms with van der Waals surface area (Å²) in [6.07, 6.45) is 0. The number of carbonyl (C=O) groups excluding carboxylic acids is 2. The van der Waals surface area contributed by atoms with E-state index in [-0.39, 0.29) is 11.3 Å².